The molecule has 3 nitrogen and oxygen atoms in total. The Morgan fingerprint density at radius 3 is 2.60 bits per heavy atom. The lowest BCUT2D eigenvalue weighted by atomic mass is 10.2. The summed E-state index contributed by atoms with van der Waals surface area (Å²) < 4.78 is 0. The van der Waals surface area contributed by atoms with Gasteiger partial charge in [-0.1, -0.05) is 24.3 Å². The number of H-pyrrole nitrogens is 1. The molecule has 0 atom stereocenters. The smallest absolute Gasteiger partial charge is 0.125 e. The molecule has 1 aromatic rings. The van der Waals surface area contributed by atoms with Crippen LogP contribution in [0.1, 0.15) is 0 Å². The summed E-state index contributed by atoms with van der Waals surface area (Å²) >= 11 is 0. The summed E-state index contributed by atoms with van der Waals surface area (Å²) in [4.78, 5) is 14.0. The molecule has 2 aliphatic rings. The molecule has 1 N–H and O–H groups in total. The average molecular weight is 196 g/mol. The van der Waals surface area contributed by atoms with Gasteiger partial charge < -0.3 is 4.98 Å². The molecule has 0 aromatic heterocycles. The van der Waals surface area contributed by atoms with E-state index in [-0.39, 0.29) is 0 Å². The summed E-state index contributed by atoms with van der Waals surface area (Å²) in [5.74, 6) is 0. The van der Waals surface area contributed by atoms with Crippen LogP contribution in [0.15, 0.2) is 47.8 Å². The summed E-state index contributed by atoms with van der Waals surface area (Å²) in [6.45, 7) is 0. The van der Waals surface area contributed by atoms with Gasteiger partial charge in [0.1, 0.15) is 5.69 Å². The van der Waals surface area contributed by atoms with E-state index < -0.39 is 0 Å². The maximum atomic E-state index is 10.8. The molecule has 1 heterocycles. The maximum absolute atomic E-state index is 10.8. The Bertz CT molecular complexity index is 612. The number of nitroso groups, excluding NO2 is 1. The Morgan fingerprint density at radius 2 is 1.80 bits per heavy atom. The van der Waals surface area contributed by atoms with Gasteiger partial charge in [0.15, 0.2) is 0 Å². The molecule has 1 aliphatic heterocycles. The lowest BCUT2D eigenvalue weighted by molar-refractivity contribution is 1.35. The number of aromatic nitrogens is 1. The van der Waals surface area contributed by atoms with Gasteiger partial charge in [-0.15, -0.1) is 4.91 Å². The van der Waals surface area contributed by atoms with Crippen molar-refractivity contribution in [2.45, 2.75) is 0 Å². The Balaban J connectivity index is 2.60. The number of nitrogens with one attached hydrogen (secondary N) is 1. The zero-order chi connectivity index (χ0) is 10.3. The molecule has 0 saturated heterocycles. The fraction of sp³-hybridized carbons (Fsp3) is 0. The van der Waals surface area contributed by atoms with Crippen LogP contribution in [-0.2, 0) is 0 Å². The molecule has 0 radical (unpaired) electrons. The second-order valence-corrected chi connectivity index (χ2v) is 3.44. The maximum Gasteiger partial charge on any atom is 0.125 e. The molecular weight excluding hydrogens is 188 g/mol. The van der Waals surface area contributed by atoms with Crippen LogP contribution in [0.2, 0.25) is 0 Å². The Hall–Kier alpha value is -2.16. The van der Waals surface area contributed by atoms with Gasteiger partial charge >= 0.3 is 0 Å². The number of nitrogens with zero attached hydrogens (tertiary/aromatic N) is 1. The minimum absolute atomic E-state index is 0.525. The summed E-state index contributed by atoms with van der Waals surface area (Å²) in [6, 6.07) is 11.5. The van der Waals surface area contributed by atoms with Gasteiger partial charge in [-0.3, -0.25) is 0 Å². The minimum atomic E-state index is 0.525. The first-order valence-electron chi connectivity index (χ1n) is 4.73. The third-order valence-corrected chi connectivity index (χ3v) is 2.65. The monoisotopic (exact) mass is 196 g/mol. The summed E-state index contributed by atoms with van der Waals surface area (Å²) in [7, 11) is 0. The SMILES string of the molecule is O=Nc1c2ccc[nH]c-2c2ccccc12. The van der Waals surface area contributed by atoms with Crippen molar-refractivity contribution in [1.29, 1.82) is 0 Å². The normalized spacial score (nSPS) is 10.9. The first kappa shape index (κ1) is 8.17. The highest BCUT2D eigenvalue weighted by Gasteiger charge is 2.17. The number of rotatable bonds is 1. The summed E-state index contributed by atoms with van der Waals surface area (Å²) in [6.07, 6.45) is 1.85. The highest BCUT2D eigenvalue weighted by Crippen LogP contribution is 2.42. The van der Waals surface area contributed by atoms with Crippen LogP contribution in [0, 0.1) is 4.91 Å². The molecule has 0 spiro atoms. The molecule has 0 amide bonds. The first-order chi connectivity index (χ1) is 7.42. The van der Waals surface area contributed by atoms with Crippen LogP contribution < -0.4 is 0 Å². The molecular formula is C12H8N2O. The van der Waals surface area contributed by atoms with Crippen LogP contribution in [0.5, 0.6) is 0 Å². The molecule has 72 valence electrons. The molecule has 0 bridgehead atoms. The molecule has 15 heavy (non-hydrogen) atoms. The van der Waals surface area contributed by atoms with E-state index in [1.807, 2.05) is 42.6 Å². The van der Waals surface area contributed by atoms with Crippen LogP contribution >= 0.6 is 0 Å². The van der Waals surface area contributed by atoms with Gasteiger partial charge in [0.25, 0.3) is 0 Å². The lowest BCUT2D eigenvalue weighted by Crippen LogP contribution is -1.78. The number of benzene rings is 1. The second-order valence-electron chi connectivity index (χ2n) is 3.44. The van der Waals surface area contributed by atoms with Crippen molar-refractivity contribution in [3.63, 3.8) is 0 Å². The van der Waals surface area contributed by atoms with E-state index in [0.29, 0.717) is 5.69 Å². The molecule has 0 unspecified atom stereocenters. The number of hydrogen-bond donors (Lipinski definition) is 1. The first-order valence-corrected chi connectivity index (χ1v) is 4.73. The fourth-order valence-electron chi connectivity index (χ4n) is 2.01. The number of fused-ring (bicyclic) bond motifs is 3. The molecule has 1 aliphatic carbocycles. The lowest BCUT2D eigenvalue weighted by Gasteiger charge is -1.97. The van der Waals surface area contributed by atoms with Crippen LogP contribution in [0.3, 0.4) is 0 Å². The number of aromatic amines is 1. The van der Waals surface area contributed by atoms with E-state index in [9.17, 15) is 4.91 Å². The Kier molecular flexibility index (Phi) is 1.59. The van der Waals surface area contributed by atoms with Crippen LogP contribution in [0.25, 0.3) is 22.0 Å². The van der Waals surface area contributed by atoms with Crippen molar-refractivity contribution in [1.82, 2.24) is 4.98 Å². The van der Waals surface area contributed by atoms with E-state index in [1.54, 1.807) is 0 Å². The largest absolute Gasteiger partial charge is 0.361 e. The van der Waals surface area contributed by atoms with Crippen molar-refractivity contribution in [2.75, 3.05) is 0 Å². The molecule has 1 aromatic carbocycles. The quantitative estimate of drug-likeness (QED) is 0.593. The van der Waals surface area contributed by atoms with Crippen molar-refractivity contribution >= 4 is 16.5 Å². The van der Waals surface area contributed by atoms with Gasteiger partial charge in [0.2, 0.25) is 0 Å². The predicted octanol–water partition coefficient (Wildman–Crippen LogP) is 3.67. The third kappa shape index (κ3) is 1.00. The van der Waals surface area contributed by atoms with Crippen molar-refractivity contribution in [2.24, 2.45) is 5.18 Å². The standard InChI is InChI=1S/C12H8N2O/c15-14-12-9-5-2-1-4-8(9)11-10(12)6-3-7-13-11/h1-7,13H. The van der Waals surface area contributed by atoms with E-state index in [4.69, 9.17) is 0 Å². The minimum Gasteiger partial charge on any atom is -0.361 e. The van der Waals surface area contributed by atoms with Gasteiger partial charge in [-0.2, -0.15) is 0 Å². The predicted molar refractivity (Wildman–Crippen MR) is 60.4 cm³/mol. The average Bonchev–Trinajstić information content (AvgIpc) is 2.63. The van der Waals surface area contributed by atoms with E-state index >= 15 is 0 Å². The Morgan fingerprint density at radius 1 is 1.00 bits per heavy atom. The number of pyridine rings is 1. The van der Waals surface area contributed by atoms with Gasteiger partial charge in [0.05, 0.1) is 5.69 Å². The van der Waals surface area contributed by atoms with Gasteiger partial charge in [-0.25, -0.2) is 0 Å². The van der Waals surface area contributed by atoms with Gasteiger partial charge in [0, 0.05) is 22.5 Å². The van der Waals surface area contributed by atoms with E-state index in [1.165, 1.54) is 0 Å². The highest BCUT2D eigenvalue weighted by atomic mass is 16.3. The van der Waals surface area contributed by atoms with Crippen molar-refractivity contribution in [3.8, 4) is 11.3 Å². The van der Waals surface area contributed by atoms with E-state index in [0.717, 1.165) is 22.0 Å². The molecule has 3 heteroatoms. The van der Waals surface area contributed by atoms with Crippen LogP contribution in [-0.4, -0.2) is 4.98 Å². The molecule has 3 rings (SSSR count). The van der Waals surface area contributed by atoms with Crippen molar-refractivity contribution in [3.05, 3.63) is 47.5 Å². The highest BCUT2D eigenvalue weighted by molar-refractivity contribution is 6.10. The molecule has 0 fully saturated rings. The number of hydrogen-bond acceptors (Lipinski definition) is 2. The van der Waals surface area contributed by atoms with Crippen molar-refractivity contribution < 1.29 is 0 Å². The summed E-state index contributed by atoms with van der Waals surface area (Å²) in [5.41, 5.74) is 2.38. The van der Waals surface area contributed by atoms with Gasteiger partial charge in [-0.05, 0) is 17.3 Å². The second kappa shape index (κ2) is 2.92. The zero-order valence-electron chi connectivity index (χ0n) is 7.90. The summed E-state index contributed by atoms with van der Waals surface area (Å²) in [5, 5.41) is 5.07. The Labute approximate surface area is 86.1 Å². The topological polar surface area (TPSA) is 45.2 Å². The molecule has 0 saturated carbocycles. The van der Waals surface area contributed by atoms with E-state index in [2.05, 4.69) is 10.2 Å². The zero-order valence-corrected chi connectivity index (χ0v) is 7.90. The third-order valence-electron chi connectivity index (χ3n) is 2.65. The fourth-order valence-corrected chi connectivity index (χ4v) is 2.01. The van der Waals surface area contributed by atoms with Crippen LogP contribution in [0.4, 0.5) is 5.69 Å².